The number of ether oxygens (including phenoxy) is 1. The first-order chi connectivity index (χ1) is 14.2. The molecular formula is C18H12F7NO4S. The van der Waals surface area contributed by atoms with Crippen molar-refractivity contribution in [3.8, 4) is 5.75 Å². The van der Waals surface area contributed by atoms with Crippen LogP contribution in [0.5, 0.6) is 5.75 Å². The number of amides is 1. The third kappa shape index (κ3) is 5.27. The molecule has 2 unspecified atom stereocenters. The van der Waals surface area contributed by atoms with Crippen LogP contribution < -0.4 is 9.46 Å². The van der Waals surface area contributed by atoms with E-state index >= 15 is 0 Å². The van der Waals surface area contributed by atoms with Crippen LogP contribution in [0.15, 0.2) is 47.4 Å². The number of benzene rings is 2. The molecule has 31 heavy (non-hydrogen) atoms. The predicted octanol–water partition coefficient (Wildman–Crippen LogP) is 4.35. The molecular weight excluding hydrogens is 459 g/mol. The van der Waals surface area contributed by atoms with Gasteiger partial charge in [0.25, 0.3) is 10.0 Å². The van der Waals surface area contributed by atoms with E-state index in [2.05, 4.69) is 4.74 Å². The van der Waals surface area contributed by atoms with Gasteiger partial charge in [-0.15, -0.1) is 13.2 Å². The predicted molar refractivity (Wildman–Crippen MR) is 90.7 cm³/mol. The summed E-state index contributed by atoms with van der Waals surface area (Å²) in [5, 5.41) is 0. The van der Waals surface area contributed by atoms with Crippen LogP contribution in [-0.4, -0.2) is 20.7 Å². The third-order valence-electron chi connectivity index (χ3n) is 4.46. The lowest BCUT2D eigenvalue weighted by Crippen LogP contribution is -2.32. The van der Waals surface area contributed by atoms with E-state index in [1.165, 1.54) is 18.2 Å². The summed E-state index contributed by atoms with van der Waals surface area (Å²) >= 11 is 0. The topological polar surface area (TPSA) is 72.5 Å². The fraction of sp³-hybridized carbons (Fsp3) is 0.278. The molecule has 2 aromatic carbocycles. The minimum absolute atomic E-state index is 0.00317. The van der Waals surface area contributed by atoms with Gasteiger partial charge in [0.2, 0.25) is 5.91 Å². The number of carbonyl (C=O) groups is 1. The van der Waals surface area contributed by atoms with Gasteiger partial charge in [0.05, 0.1) is 10.5 Å². The largest absolute Gasteiger partial charge is 0.573 e. The molecule has 13 heteroatoms. The Bertz CT molecular complexity index is 1110. The van der Waals surface area contributed by atoms with E-state index in [-0.39, 0.29) is 18.1 Å². The van der Waals surface area contributed by atoms with Crippen LogP contribution in [0.25, 0.3) is 0 Å². The van der Waals surface area contributed by atoms with Crippen LogP contribution in [0.2, 0.25) is 0 Å². The van der Waals surface area contributed by atoms with Crippen molar-refractivity contribution in [3.63, 3.8) is 0 Å². The molecule has 0 aliphatic heterocycles. The van der Waals surface area contributed by atoms with E-state index in [0.29, 0.717) is 12.1 Å². The standard InChI is InChI=1S/C18H12F7NO4S/c19-14-6-5-9(7-13(14)17(20,21)22)31(28,29)26-16(27)12-8-11(12)10-3-1-2-4-15(10)30-18(23,24)25/h1-7,11-12H,8H2,(H,26,27). The third-order valence-corrected chi connectivity index (χ3v) is 5.80. The molecule has 0 aromatic heterocycles. The molecule has 0 heterocycles. The summed E-state index contributed by atoms with van der Waals surface area (Å²) in [7, 11) is -4.79. The van der Waals surface area contributed by atoms with Gasteiger partial charge in [-0.05, 0) is 42.2 Å². The smallest absolute Gasteiger partial charge is 0.405 e. The van der Waals surface area contributed by atoms with Crippen molar-refractivity contribution in [2.24, 2.45) is 5.92 Å². The molecule has 5 nitrogen and oxygen atoms in total. The quantitative estimate of drug-likeness (QED) is 0.659. The zero-order valence-corrected chi connectivity index (χ0v) is 15.9. The van der Waals surface area contributed by atoms with Crippen LogP contribution >= 0.6 is 0 Å². The van der Waals surface area contributed by atoms with Crippen molar-refractivity contribution >= 4 is 15.9 Å². The highest BCUT2D eigenvalue weighted by atomic mass is 32.2. The first-order valence-electron chi connectivity index (χ1n) is 8.47. The molecule has 168 valence electrons. The second-order valence-corrected chi connectivity index (χ2v) is 8.33. The zero-order valence-electron chi connectivity index (χ0n) is 15.1. The maximum absolute atomic E-state index is 13.4. The lowest BCUT2D eigenvalue weighted by Gasteiger charge is -2.13. The molecule has 2 atom stereocenters. The van der Waals surface area contributed by atoms with Crippen molar-refractivity contribution < 1.29 is 48.7 Å². The number of para-hydroxylation sites is 1. The summed E-state index contributed by atoms with van der Waals surface area (Å²) in [6, 6.07) is 5.89. The number of hydrogen-bond acceptors (Lipinski definition) is 4. The first-order valence-corrected chi connectivity index (χ1v) is 9.95. The van der Waals surface area contributed by atoms with E-state index in [1.54, 1.807) is 4.72 Å². The van der Waals surface area contributed by atoms with Crippen molar-refractivity contribution in [2.75, 3.05) is 0 Å². The highest BCUT2D eigenvalue weighted by Crippen LogP contribution is 2.51. The Balaban J connectivity index is 1.77. The van der Waals surface area contributed by atoms with Gasteiger partial charge in [0, 0.05) is 5.92 Å². The van der Waals surface area contributed by atoms with Crippen LogP contribution in [0.4, 0.5) is 30.7 Å². The van der Waals surface area contributed by atoms with Crippen molar-refractivity contribution in [1.82, 2.24) is 4.72 Å². The fourth-order valence-electron chi connectivity index (χ4n) is 2.99. The average Bonchev–Trinajstić information content (AvgIpc) is 3.40. The molecule has 1 aliphatic carbocycles. The van der Waals surface area contributed by atoms with Crippen LogP contribution in [0.1, 0.15) is 23.5 Å². The van der Waals surface area contributed by atoms with Gasteiger partial charge in [0.15, 0.2) is 0 Å². The molecule has 1 N–H and O–H groups in total. The Hall–Kier alpha value is -2.83. The SMILES string of the molecule is O=C(NS(=O)(=O)c1ccc(F)c(C(F)(F)F)c1)C1CC1c1ccccc1OC(F)(F)F. The minimum Gasteiger partial charge on any atom is -0.405 e. The van der Waals surface area contributed by atoms with Crippen LogP contribution in [0, 0.1) is 11.7 Å². The summed E-state index contributed by atoms with van der Waals surface area (Å²) in [6.45, 7) is 0. The minimum atomic E-state index is -5.16. The summed E-state index contributed by atoms with van der Waals surface area (Å²) in [4.78, 5) is 11.3. The number of sulfonamides is 1. The van der Waals surface area contributed by atoms with Gasteiger partial charge in [0.1, 0.15) is 11.6 Å². The Morgan fingerprint density at radius 2 is 1.68 bits per heavy atom. The van der Waals surface area contributed by atoms with Gasteiger partial charge in [-0.1, -0.05) is 18.2 Å². The fourth-order valence-corrected chi connectivity index (χ4v) is 4.04. The first kappa shape index (κ1) is 22.8. The van der Waals surface area contributed by atoms with E-state index in [0.717, 1.165) is 6.07 Å². The molecule has 3 rings (SSSR count). The maximum Gasteiger partial charge on any atom is 0.573 e. The molecule has 0 bridgehead atoms. The Kier molecular flexibility index (Phi) is 5.67. The highest BCUT2D eigenvalue weighted by molar-refractivity contribution is 7.90. The summed E-state index contributed by atoms with van der Waals surface area (Å²) < 4.78 is 119. The molecule has 2 aromatic rings. The van der Waals surface area contributed by atoms with E-state index in [4.69, 9.17) is 0 Å². The zero-order chi connectivity index (χ0) is 23.2. The van der Waals surface area contributed by atoms with Gasteiger partial charge in [-0.2, -0.15) is 13.2 Å². The van der Waals surface area contributed by atoms with Gasteiger partial charge in [-0.3, -0.25) is 4.79 Å². The Labute approximate surface area is 170 Å². The monoisotopic (exact) mass is 471 g/mol. The number of halogens is 7. The number of carbonyl (C=O) groups excluding carboxylic acids is 1. The Morgan fingerprint density at radius 3 is 2.29 bits per heavy atom. The van der Waals surface area contributed by atoms with Gasteiger partial charge >= 0.3 is 12.5 Å². The summed E-state index contributed by atoms with van der Waals surface area (Å²) in [5.74, 6) is -5.19. The summed E-state index contributed by atoms with van der Waals surface area (Å²) in [6.07, 6.45) is -10.1. The lowest BCUT2D eigenvalue weighted by atomic mass is 10.1. The van der Waals surface area contributed by atoms with E-state index < -0.39 is 62.3 Å². The number of alkyl halides is 6. The second-order valence-electron chi connectivity index (χ2n) is 6.64. The highest BCUT2D eigenvalue weighted by Gasteiger charge is 2.47. The van der Waals surface area contributed by atoms with Crippen LogP contribution in [0.3, 0.4) is 0 Å². The molecule has 0 saturated heterocycles. The molecule has 1 fully saturated rings. The average molecular weight is 471 g/mol. The number of rotatable bonds is 5. The van der Waals surface area contributed by atoms with Gasteiger partial charge in [-0.25, -0.2) is 17.5 Å². The van der Waals surface area contributed by atoms with E-state index in [1.807, 2.05) is 0 Å². The van der Waals surface area contributed by atoms with Crippen molar-refractivity contribution in [1.29, 1.82) is 0 Å². The lowest BCUT2D eigenvalue weighted by molar-refractivity contribution is -0.274. The van der Waals surface area contributed by atoms with E-state index in [9.17, 15) is 43.9 Å². The number of hydrogen-bond donors (Lipinski definition) is 1. The second kappa shape index (κ2) is 7.70. The number of nitrogens with one attached hydrogen (secondary N) is 1. The maximum atomic E-state index is 13.4. The van der Waals surface area contributed by atoms with Gasteiger partial charge < -0.3 is 4.74 Å². The molecule has 1 amide bonds. The van der Waals surface area contributed by atoms with Crippen LogP contribution in [-0.2, 0) is 21.0 Å². The molecule has 0 spiro atoms. The Morgan fingerprint density at radius 1 is 1.03 bits per heavy atom. The molecule has 1 aliphatic rings. The summed E-state index contributed by atoms with van der Waals surface area (Å²) in [5.41, 5.74) is -1.80. The molecule has 1 saturated carbocycles. The van der Waals surface area contributed by atoms with Crippen molar-refractivity contribution in [2.45, 2.75) is 29.8 Å². The van der Waals surface area contributed by atoms with Crippen molar-refractivity contribution in [3.05, 3.63) is 59.4 Å². The normalized spacial score (nSPS) is 19.1. The molecule has 0 radical (unpaired) electrons.